The molecule has 57 valence electrons. The average Bonchev–Trinajstić information content (AvgIpc) is 2.05. The number of piperazine rings is 1. The molecule has 4 heteroatoms. The van der Waals surface area contributed by atoms with Crippen LogP contribution in [0.25, 0.3) is 0 Å². The van der Waals surface area contributed by atoms with Crippen molar-refractivity contribution in [2.45, 2.75) is 0 Å². The Hall–Kier alpha value is -0.0900. The van der Waals surface area contributed by atoms with Gasteiger partial charge in [-0.1, -0.05) is 15.9 Å². The van der Waals surface area contributed by atoms with Crippen molar-refractivity contribution in [3.63, 3.8) is 0 Å². The molecule has 0 N–H and O–H groups in total. The van der Waals surface area contributed by atoms with Crippen LogP contribution in [0.5, 0.6) is 0 Å². The number of carbonyl (C=O) groups excluding carboxylic acids is 1. The summed E-state index contributed by atoms with van der Waals surface area (Å²) in [5, 5.41) is 4.57. The van der Waals surface area contributed by atoms with Gasteiger partial charge in [0.05, 0.1) is 5.33 Å². The van der Waals surface area contributed by atoms with Crippen LogP contribution in [0.15, 0.2) is 0 Å². The summed E-state index contributed by atoms with van der Waals surface area (Å²) in [6, 6.07) is 0. The summed E-state index contributed by atoms with van der Waals surface area (Å²) >= 11 is 3.13. The van der Waals surface area contributed by atoms with Crippen LogP contribution in [0.3, 0.4) is 0 Å². The van der Waals surface area contributed by atoms with Gasteiger partial charge in [0.25, 0.3) is 0 Å². The third-order valence-electron chi connectivity index (χ3n) is 1.52. The van der Waals surface area contributed by atoms with Gasteiger partial charge in [0, 0.05) is 26.2 Å². The Morgan fingerprint density at radius 2 is 2.10 bits per heavy atom. The van der Waals surface area contributed by atoms with Crippen molar-refractivity contribution in [1.29, 1.82) is 0 Å². The molecule has 0 unspecified atom stereocenters. The average molecular weight is 206 g/mol. The Labute approximate surface area is 68.9 Å². The maximum Gasteiger partial charge on any atom is 0.233 e. The number of hydrogen-bond donors (Lipinski definition) is 0. The summed E-state index contributed by atoms with van der Waals surface area (Å²) in [7, 11) is 0. The molecule has 0 aromatic heterocycles. The normalized spacial score (nSPS) is 19.1. The van der Waals surface area contributed by atoms with Crippen molar-refractivity contribution in [1.82, 2.24) is 10.2 Å². The van der Waals surface area contributed by atoms with Gasteiger partial charge < -0.3 is 4.90 Å². The lowest BCUT2D eigenvalue weighted by Crippen LogP contribution is -2.44. The van der Waals surface area contributed by atoms with E-state index in [4.69, 9.17) is 0 Å². The molecule has 1 heterocycles. The molecule has 1 saturated heterocycles. The molecule has 0 atom stereocenters. The topological polar surface area (TPSA) is 34.4 Å². The van der Waals surface area contributed by atoms with Crippen molar-refractivity contribution >= 4 is 21.8 Å². The van der Waals surface area contributed by atoms with Crippen LogP contribution in [-0.4, -0.2) is 42.3 Å². The largest absolute Gasteiger partial charge is 0.339 e. The summed E-state index contributed by atoms with van der Waals surface area (Å²) in [5.74, 6) is 0.176. The van der Waals surface area contributed by atoms with Gasteiger partial charge in [-0.3, -0.25) is 4.79 Å². The number of halogens is 1. The summed E-state index contributed by atoms with van der Waals surface area (Å²) in [4.78, 5) is 12.8. The van der Waals surface area contributed by atoms with Gasteiger partial charge in [-0.2, -0.15) is 0 Å². The number of nitrogens with zero attached hydrogens (tertiary/aromatic N) is 2. The van der Waals surface area contributed by atoms with Gasteiger partial charge in [-0.05, 0) is 0 Å². The van der Waals surface area contributed by atoms with E-state index in [1.807, 2.05) is 4.90 Å². The fourth-order valence-corrected chi connectivity index (χ4v) is 1.30. The molecule has 1 amide bonds. The summed E-state index contributed by atoms with van der Waals surface area (Å²) in [6.07, 6.45) is 0. The molecule has 0 saturated carbocycles. The predicted octanol–water partition coefficient (Wildman–Crippen LogP) is -0.172. The van der Waals surface area contributed by atoms with Crippen LogP contribution in [0.1, 0.15) is 0 Å². The van der Waals surface area contributed by atoms with Gasteiger partial charge in [-0.15, -0.1) is 0 Å². The lowest BCUT2D eigenvalue weighted by molar-refractivity contribution is -0.128. The Kier molecular flexibility index (Phi) is 3.15. The van der Waals surface area contributed by atoms with E-state index in [1.54, 1.807) is 0 Å². The van der Waals surface area contributed by atoms with Crippen LogP contribution < -0.4 is 5.32 Å². The standard InChI is InChI=1S/C6H10BrN2O/c7-5-6(10)9-3-1-8-2-4-9/h1-5H2. The number of rotatable bonds is 1. The Balaban J connectivity index is 2.31. The third kappa shape index (κ3) is 1.95. The van der Waals surface area contributed by atoms with Gasteiger partial charge in [0.1, 0.15) is 0 Å². The maximum atomic E-state index is 11.0. The third-order valence-corrected chi connectivity index (χ3v) is 2.00. The first-order valence-electron chi connectivity index (χ1n) is 3.31. The van der Waals surface area contributed by atoms with Gasteiger partial charge in [0.2, 0.25) is 5.91 Å². The fourth-order valence-electron chi connectivity index (χ4n) is 0.940. The van der Waals surface area contributed by atoms with Gasteiger partial charge in [0.15, 0.2) is 0 Å². The second-order valence-corrected chi connectivity index (χ2v) is 2.75. The zero-order valence-electron chi connectivity index (χ0n) is 5.72. The minimum Gasteiger partial charge on any atom is -0.339 e. The molecule has 1 aliphatic heterocycles. The predicted molar refractivity (Wildman–Crippen MR) is 42.2 cm³/mol. The number of hydrogen-bond acceptors (Lipinski definition) is 1. The molecule has 1 fully saturated rings. The first-order chi connectivity index (χ1) is 4.84. The molecule has 0 aromatic rings. The van der Waals surface area contributed by atoms with E-state index < -0.39 is 0 Å². The van der Waals surface area contributed by atoms with Crippen molar-refractivity contribution in [3.05, 3.63) is 0 Å². The maximum absolute atomic E-state index is 11.0. The number of carbonyl (C=O) groups is 1. The van der Waals surface area contributed by atoms with Gasteiger partial charge >= 0.3 is 0 Å². The van der Waals surface area contributed by atoms with Crippen molar-refractivity contribution in [3.8, 4) is 0 Å². The van der Waals surface area contributed by atoms with Crippen LogP contribution in [0, 0.1) is 0 Å². The van der Waals surface area contributed by atoms with Crippen LogP contribution >= 0.6 is 15.9 Å². The van der Waals surface area contributed by atoms with Crippen molar-refractivity contribution in [2.24, 2.45) is 0 Å². The highest BCUT2D eigenvalue weighted by Crippen LogP contribution is 1.96. The second-order valence-electron chi connectivity index (χ2n) is 2.19. The first-order valence-corrected chi connectivity index (χ1v) is 4.43. The molecule has 10 heavy (non-hydrogen) atoms. The smallest absolute Gasteiger partial charge is 0.233 e. The Morgan fingerprint density at radius 1 is 1.50 bits per heavy atom. The SMILES string of the molecule is O=C(CBr)N1CC[N]CC1. The van der Waals surface area contributed by atoms with Crippen LogP contribution in [0.2, 0.25) is 0 Å². The fraction of sp³-hybridized carbons (Fsp3) is 0.833. The lowest BCUT2D eigenvalue weighted by atomic mass is 10.4. The molecule has 0 aromatic carbocycles. The zero-order valence-corrected chi connectivity index (χ0v) is 7.30. The highest BCUT2D eigenvalue weighted by atomic mass is 79.9. The summed E-state index contributed by atoms with van der Waals surface area (Å²) in [6.45, 7) is 3.20. The molecule has 1 rings (SSSR count). The molecule has 0 aliphatic carbocycles. The van der Waals surface area contributed by atoms with E-state index in [2.05, 4.69) is 21.2 Å². The van der Waals surface area contributed by atoms with Crippen molar-refractivity contribution in [2.75, 3.05) is 31.5 Å². The van der Waals surface area contributed by atoms with Crippen LogP contribution in [-0.2, 0) is 4.79 Å². The highest BCUT2D eigenvalue weighted by molar-refractivity contribution is 9.09. The van der Waals surface area contributed by atoms with E-state index >= 15 is 0 Å². The van der Waals surface area contributed by atoms with E-state index in [0.717, 1.165) is 26.2 Å². The molecule has 1 aliphatic rings. The summed E-state index contributed by atoms with van der Waals surface area (Å²) in [5.41, 5.74) is 0. The number of amides is 1. The molecule has 3 nitrogen and oxygen atoms in total. The summed E-state index contributed by atoms with van der Waals surface area (Å²) < 4.78 is 0. The van der Waals surface area contributed by atoms with Gasteiger partial charge in [-0.25, -0.2) is 5.32 Å². The van der Waals surface area contributed by atoms with Crippen molar-refractivity contribution < 1.29 is 4.79 Å². The van der Waals surface area contributed by atoms with E-state index in [1.165, 1.54) is 0 Å². The lowest BCUT2D eigenvalue weighted by Gasteiger charge is -2.25. The zero-order chi connectivity index (χ0) is 7.40. The monoisotopic (exact) mass is 205 g/mol. The molecule has 1 radical (unpaired) electrons. The molecular weight excluding hydrogens is 196 g/mol. The quantitative estimate of drug-likeness (QED) is 0.548. The molecule has 0 spiro atoms. The van der Waals surface area contributed by atoms with E-state index in [9.17, 15) is 4.79 Å². The van der Waals surface area contributed by atoms with Crippen LogP contribution in [0.4, 0.5) is 0 Å². The molecular formula is C6H10BrN2O. The van der Waals surface area contributed by atoms with E-state index in [-0.39, 0.29) is 5.91 Å². The molecule has 0 bridgehead atoms. The van der Waals surface area contributed by atoms with E-state index in [0.29, 0.717) is 5.33 Å². The minimum atomic E-state index is 0.176. The first kappa shape index (κ1) is 8.01. The minimum absolute atomic E-state index is 0.176. The highest BCUT2D eigenvalue weighted by Gasteiger charge is 2.14. The second kappa shape index (κ2) is 3.93. The Morgan fingerprint density at radius 3 is 2.60 bits per heavy atom. The number of alkyl halides is 1. The Bertz CT molecular complexity index is 123.